The van der Waals surface area contributed by atoms with E-state index in [1.807, 2.05) is 31.3 Å². The SMILES string of the molecule is Cc1ccn(-c2ccc(C(=O)N3CC4CCC3C(C(=O)O)C4)cc2)n1. The molecule has 3 fully saturated rings. The quantitative estimate of drug-likeness (QED) is 0.932. The van der Waals surface area contributed by atoms with E-state index in [0.29, 0.717) is 24.4 Å². The fourth-order valence-electron chi connectivity index (χ4n) is 4.17. The molecule has 2 aliphatic heterocycles. The first-order chi connectivity index (χ1) is 12.0. The first kappa shape index (κ1) is 15.9. The van der Waals surface area contributed by atoms with E-state index < -0.39 is 11.9 Å². The largest absolute Gasteiger partial charge is 0.481 e. The van der Waals surface area contributed by atoms with Crippen molar-refractivity contribution in [1.82, 2.24) is 14.7 Å². The molecule has 2 aromatic rings. The molecule has 1 saturated carbocycles. The van der Waals surface area contributed by atoms with Crippen molar-refractivity contribution >= 4 is 11.9 Å². The van der Waals surface area contributed by atoms with Crippen molar-refractivity contribution in [2.24, 2.45) is 11.8 Å². The van der Waals surface area contributed by atoms with Crippen LogP contribution in [0.4, 0.5) is 0 Å². The monoisotopic (exact) mass is 339 g/mol. The zero-order chi connectivity index (χ0) is 17.6. The number of benzene rings is 1. The van der Waals surface area contributed by atoms with Crippen LogP contribution in [0.1, 0.15) is 35.3 Å². The van der Waals surface area contributed by atoms with E-state index in [2.05, 4.69) is 5.10 Å². The number of nitrogens with zero attached hydrogens (tertiary/aromatic N) is 3. The maximum absolute atomic E-state index is 12.9. The summed E-state index contributed by atoms with van der Waals surface area (Å²) in [5.41, 5.74) is 2.43. The predicted molar refractivity (Wildman–Crippen MR) is 91.6 cm³/mol. The number of aliphatic carboxylic acids is 1. The highest BCUT2D eigenvalue weighted by Crippen LogP contribution is 2.39. The maximum Gasteiger partial charge on any atom is 0.308 e. The first-order valence-electron chi connectivity index (χ1n) is 8.69. The predicted octanol–water partition coefficient (Wildman–Crippen LogP) is 2.51. The third kappa shape index (κ3) is 2.81. The van der Waals surface area contributed by atoms with Gasteiger partial charge in [-0.3, -0.25) is 9.59 Å². The normalized spacial score (nSPS) is 25.2. The Morgan fingerprint density at radius 3 is 2.52 bits per heavy atom. The van der Waals surface area contributed by atoms with E-state index in [-0.39, 0.29) is 11.9 Å². The number of hydrogen-bond donors (Lipinski definition) is 1. The molecule has 130 valence electrons. The fraction of sp³-hybridized carbons (Fsp3) is 0.421. The van der Waals surface area contributed by atoms with Crippen molar-refractivity contribution in [3.8, 4) is 5.69 Å². The lowest BCUT2D eigenvalue weighted by Crippen LogP contribution is -2.57. The van der Waals surface area contributed by atoms with Gasteiger partial charge in [0.2, 0.25) is 0 Å². The van der Waals surface area contributed by atoms with Gasteiger partial charge in [-0.2, -0.15) is 5.10 Å². The summed E-state index contributed by atoms with van der Waals surface area (Å²) in [6.45, 7) is 2.60. The number of fused-ring (bicyclic) bond motifs is 3. The number of aromatic nitrogens is 2. The summed E-state index contributed by atoms with van der Waals surface area (Å²) in [5, 5.41) is 13.8. The van der Waals surface area contributed by atoms with Crippen LogP contribution >= 0.6 is 0 Å². The molecule has 3 aliphatic rings. The molecule has 1 aliphatic carbocycles. The second-order valence-electron chi connectivity index (χ2n) is 7.10. The Labute approximate surface area is 146 Å². The molecule has 3 unspecified atom stereocenters. The van der Waals surface area contributed by atoms with E-state index in [1.54, 1.807) is 21.7 Å². The number of carbonyl (C=O) groups is 2. The van der Waals surface area contributed by atoms with Gasteiger partial charge in [0.15, 0.2) is 0 Å². The van der Waals surface area contributed by atoms with Gasteiger partial charge in [-0.05, 0) is 62.4 Å². The highest BCUT2D eigenvalue weighted by molar-refractivity contribution is 5.95. The number of carboxylic acid groups (broad SMARTS) is 1. The van der Waals surface area contributed by atoms with Crippen molar-refractivity contribution in [2.75, 3.05) is 6.54 Å². The molecule has 25 heavy (non-hydrogen) atoms. The minimum Gasteiger partial charge on any atom is -0.481 e. The molecule has 2 bridgehead atoms. The number of amides is 1. The summed E-state index contributed by atoms with van der Waals surface area (Å²) in [5.74, 6) is -0.968. The summed E-state index contributed by atoms with van der Waals surface area (Å²) in [6, 6.07) is 9.09. The zero-order valence-corrected chi connectivity index (χ0v) is 14.1. The number of hydrogen-bond acceptors (Lipinski definition) is 3. The lowest BCUT2D eigenvalue weighted by Gasteiger charge is -2.48. The average molecular weight is 339 g/mol. The number of aryl methyl sites for hydroxylation is 1. The molecule has 5 rings (SSSR count). The van der Waals surface area contributed by atoms with Gasteiger partial charge in [-0.25, -0.2) is 4.68 Å². The Morgan fingerprint density at radius 1 is 1.16 bits per heavy atom. The van der Waals surface area contributed by atoms with Crippen molar-refractivity contribution < 1.29 is 14.7 Å². The number of carbonyl (C=O) groups excluding carboxylic acids is 1. The van der Waals surface area contributed by atoms with Crippen LogP contribution in [0.2, 0.25) is 0 Å². The minimum atomic E-state index is -0.781. The van der Waals surface area contributed by atoms with Crippen LogP contribution in [-0.4, -0.2) is 44.3 Å². The molecule has 0 radical (unpaired) electrons. The Balaban J connectivity index is 1.55. The second kappa shape index (κ2) is 6.02. The third-order valence-corrected chi connectivity index (χ3v) is 5.46. The average Bonchev–Trinajstić information content (AvgIpc) is 3.08. The number of piperidine rings is 2. The van der Waals surface area contributed by atoms with Gasteiger partial charge in [-0.1, -0.05) is 0 Å². The standard InChI is InChI=1S/C19H21N3O3/c1-12-8-9-22(20-12)15-5-3-14(4-6-15)18(23)21-11-13-2-7-17(21)16(10-13)19(24)25/h3-6,8-9,13,16-17H,2,7,10-11H2,1H3,(H,24,25). The summed E-state index contributed by atoms with van der Waals surface area (Å²) in [4.78, 5) is 26.2. The lowest BCUT2D eigenvalue weighted by molar-refractivity contribution is -0.148. The lowest BCUT2D eigenvalue weighted by atomic mass is 9.72. The molecule has 1 N–H and O–H groups in total. The Morgan fingerprint density at radius 2 is 1.92 bits per heavy atom. The molecule has 0 spiro atoms. The Hall–Kier alpha value is -2.63. The Kier molecular flexibility index (Phi) is 3.82. The molecule has 1 amide bonds. The van der Waals surface area contributed by atoms with Crippen LogP contribution in [-0.2, 0) is 4.79 Å². The van der Waals surface area contributed by atoms with Crippen LogP contribution in [0, 0.1) is 18.8 Å². The van der Waals surface area contributed by atoms with Crippen LogP contribution in [0.25, 0.3) is 5.69 Å². The van der Waals surface area contributed by atoms with Crippen LogP contribution in [0.3, 0.4) is 0 Å². The van der Waals surface area contributed by atoms with Crippen LogP contribution in [0.15, 0.2) is 36.5 Å². The summed E-state index contributed by atoms with van der Waals surface area (Å²) >= 11 is 0. The van der Waals surface area contributed by atoms with E-state index in [4.69, 9.17) is 0 Å². The van der Waals surface area contributed by atoms with Crippen LogP contribution < -0.4 is 0 Å². The first-order valence-corrected chi connectivity index (χ1v) is 8.69. The molecule has 2 saturated heterocycles. The van der Waals surface area contributed by atoms with Gasteiger partial charge in [0, 0.05) is 24.3 Å². The molecule has 1 aromatic carbocycles. The van der Waals surface area contributed by atoms with Crippen molar-refractivity contribution in [3.05, 3.63) is 47.8 Å². The van der Waals surface area contributed by atoms with Crippen molar-refractivity contribution in [2.45, 2.75) is 32.2 Å². The van der Waals surface area contributed by atoms with Gasteiger partial charge in [-0.15, -0.1) is 0 Å². The maximum atomic E-state index is 12.9. The highest BCUT2D eigenvalue weighted by Gasteiger charge is 2.45. The van der Waals surface area contributed by atoms with E-state index in [9.17, 15) is 14.7 Å². The van der Waals surface area contributed by atoms with Gasteiger partial charge in [0.25, 0.3) is 5.91 Å². The molecule has 3 atom stereocenters. The van der Waals surface area contributed by atoms with E-state index in [0.717, 1.165) is 24.2 Å². The molecule has 6 heteroatoms. The topological polar surface area (TPSA) is 75.4 Å². The molecule has 6 nitrogen and oxygen atoms in total. The van der Waals surface area contributed by atoms with Crippen LogP contribution in [0.5, 0.6) is 0 Å². The van der Waals surface area contributed by atoms with E-state index >= 15 is 0 Å². The van der Waals surface area contributed by atoms with E-state index in [1.165, 1.54) is 0 Å². The third-order valence-electron chi connectivity index (χ3n) is 5.46. The Bertz CT molecular complexity index is 812. The summed E-state index contributed by atoms with van der Waals surface area (Å²) in [6.07, 6.45) is 4.39. The fourth-order valence-corrected chi connectivity index (χ4v) is 4.17. The number of rotatable bonds is 3. The van der Waals surface area contributed by atoms with Gasteiger partial charge >= 0.3 is 5.97 Å². The van der Waals surface area contributed by atoms with Gasteiger partial charge < -0.3 is 10.0 Å². The summed E-state index contributed by atoms with van der Waals surface area (Å²) < 4.78 is 1.77. The number of carboxylic acids is 1. The van der Waals surface area contributed by atoms with Crippen molar-refractivity contribution in [1.29, 1.82) is 0 Å². The highest BCUT2D eigenvalue weighted by atomic mass is 16.4. The second-order valence-corrected chi connectivity index (χ2v) is 7.10. The van der Waals surface area contributed by atoms with Gasteiger partial charge in [0.05, 0.1) is 17.3 Å². The molecule has 3 heterocycles. The smallest absolute Gasteiger partial charge is 0.308 e. The zero-order valence-electron chi connectivity index (χ0n) is 14.1. The van der Waals surface area contributed by atoms with Gasteiger partial charge in [0.1, 0.15) is 0 Å². The minimum absolute atomic E-state index is 0.0659. The van der Waals surface area contributed by atoms with Crippen molar-refractivity contribution in [3.63, 3.8) is 0 Å². The molecule has 1 aromatic heterocycles. The molecular weight excluding hydrogens is 318 g/mol. The summed E-state index contributed by atoms with van der Waals surface area (Å²) in [7, 11) is 0. The molecular formula is C19H21N3O3.